The molecule has 0 aromatic rings. The van der Waals surface area contributed by atoms with E-state index in [1.807, 2.05) is 0 Å². The van der Waals surface area contributed by atoms with Crippen molar-refractivity contribution in [2.75, 3.05) is 6.61 Å². The Hall–Kier alpha value is -1.16. The van der Waals surface area contributed by atoms with Crippen LogP contribution in [0.1, 0.15) is 65.2 Å². The number of carbonyl (C=O) groups excluding carboxylic acids is 2. The molecule has 4 aliphatic carbocycles. The number of hydrogen-bond donors (Lipinski definition) is 2. The number of aliphatic hydroxyl groups is 2. The quantitative estimate of drug-likeness (QED) is 0.801. The maximum absolute atomic E-state index is 12.3. The van der Waals surface area contributed by atoms with Gasteiger partial charge in [0.2, 0.25) is 0 Å². The Kier molecular flexibility index (Phi) is 3.91. The van der Waals surface area contributed by atoms with Crippen LogP contribution in [-0.2, 0) is 9.59 Å². The third-order valence-corrected chi connectivity index (χ3v) is 8.64. The van der Waals surface area contributed by atoms with Crippen LogP contribution < -0.4 is 0 Å². The number of rotatable bonds is 2. The molecule has 0 saturated heterocycles. The van der Waals surface area contributed by atoms with Gasteiger partial charge in [0.05, 0.1) is 0 Å². The highest BCUT2D eigenvalue weighted by Gasteiger charge is 2.60. The predicted molar refractivity (Wildman–Crippen MR) is 93.9 cm³/mol. The molecule has 25 heavy (non-hydrogen) atoms. The molecule has 3 fully saturated rings. The van der Waals surface area contributed by atoms with E-state index in [4.69, 9.17) is 0 Å². The molecule has 6 atom stereocenters. The van der Waals surface area contributed by atoms with E-state index in [-0.39, 0.29) is 40.7 Å². The molecule has 0 aromatic carbocycles. The van der Waals surface area contributed by atoms with Crippen LogP contribution in [0.25, 0.3) is 0 Å². The molecule has 138 valence electrons. The molecule has 0 bridgehead atoms. The average molecular weight is 346 g/mol. The molecule has 2 N–H and O–H groups in total. The molecule has 4 rings (SSSR count). The zero-order chi connectivity index (χ0) is 18.0. The lowest BCUT2D eigenvalue weighted by atomic mass is 9.46. The second-order valence-corrected chi connectivity index (χ2v) is 9.38. The molecule has 4 aliphatic rings. The van der Waals surface area contributed by atoms with Crippen LogP contribution in [0.15, 0.2) is 11.3 Å². The molecule has 0 heterocycles. The Morgan fingerprint density at radius 2 is 1.84 bits per heavy atom. The fraction of sp³-hybridized carbons (Fsp3) is 0.810. The van der Waals surface area contributed by atoms with Gasteiger partial charge in [0.25, 0.3) is 0 Å². The smallest absolute Gasteiger partial charge is 0.197 e. The summed E-state index contributed by atoms with van der Waals surface area (Å²) in [4.78, 5) is 24.2. The molecule has 0 spiro atoms. The Morgan fingerprint density at radius 3 is 2.56 bits per heavy atom. The standard InChI is InChI=1S/C21H30O4/c1-20-9-7-14-12(13(20)5-6-15(20)18(24)11-22)3-4-16-19(25)17(23)8-10-21(14,16)2/h12-15,22,25H,3-11H2,1-2H3/t12-,13-,14-,15+,20-,21+/m0/s1. The minimum Gasteiger partial charge on any atom is -0.504 e. The van der Waals surface area contributed by atoms with Crippen LogP contribution in [0, 0.1) is 34.5 Å². The molecule has 0 unspecified atom stereocenters. The van der Waals surface area contributed by atoms with Gasteiger partial charge < -0.3 is 10.2 Å². The van der Waals surface area contributed by atoms with Crippen LogP contribution in [-0.4, -0.2) is 28.4 Å². The Labute approximate surface area is 149 Å². The summed E-state index contributed by atoms with van der Waals surface area (Å²) in [6, 6.07) is 0. The van der Waals surface area contributed by atoms with Crippen LogP contribution in [0.3, 0.4) is 0 Å². The second-order valence-electron chi connectivity index (χ2n) is 9.38. The average Bonchev–Trinajstić information content (AvgIpc) is 2.95. The van der Waals surface area contributed by atoms with E-state index in [0.717, 1.165) is 50.5 Å². The number of fused-ring (bicyclic) bond motifs is 5. The van der Waals surface area contributed by atoms with Crippen molar-refractivity contribution >= 4 is 11.6 Å². The number of Topliss-reactive ketones (excluding diaryl/α,β-unsaturated/α-hetero) is 2. The molecule has 3 saturated carbocycles. The van der Waals surface area contributed by atoms with Gasteiger partial charge in [-0.1, -0.05) is 13.8 Å². The summed E-state index contributed by atoms with van der Waals surface area (Å²) in [5.74, 6) is 1.62. The van der Waals surface area contributed by atoms with Gasteiger partial charge >= 0.3 is 0 Å². The van der Waals surface area contributed by atoms with Gasteiger partial charge in [-0.25, -0.2) is 0 Å². The summed E-state index contributed by atoms with van der Waals surface area (Å²) in [5.41, 5.74) is 0.974. The van der Waals surface area contributed by atoms with Crippen molar-refractivity contribution in [3.05, 3.63) is 11.3 Å². The third-order valence-electron chi connectivity index (χ3n) is 8.64. The van der Waals surface area contributed by atoms with E-state index in [2.05, 4.69) is 13.8 Å². The monoisotopic (exact) mass is 346 g/mol. The second kappa shape index (κ2) is 5.67. The SMILES string of the molecule is C[C@]12CC[C@H]3[C@@H](CCC4=C(O)C(=O)CC[C@@]43C)[C@@H]1CC[C@@H]2C(=O)CO. The normalized spacial score (nSPS) is 46.4. The van der Waals surface area contributed by atoms with Crippen molar-refractivity contribution in [1.82, 2.24) is 0 Å². The zero-order valence-electron chi connectivity index (χ0n) is 15.4. The van der Waals surface area contributed by atoms with Crippen LogP contribution in [0.5, 0.6) is 0 Å². The van der Waals surface area contributed by atoms with Gasteiger partial charge in [0.1, 0.15) is 6.61 Å². The molecule has 0 radical (unpaired) electrons. The summed E-state index contributed by atoms with van der Waals surface area (Å²) in [5, 5.41) is 19.7. The summed E-state index contributed by atoms with van der Waals surface area (Å²) in [6.45, 7) is 4.20. The van der Waals surface area contributed by atoms with Crippen molar-refractivity contribution in [1.29, 1.82) is 0 Å². The number of allylic oxidation sites excluding steroid dienone is 1. The topological polar surface area (TPSA) is 74.6 Å². The van der Waals surface area contributed by atoms with Crippen molar-refractivity contribution in [3.8, 4) is 0 Å². The van der Waals surface area contributed by atoms with Crippen molar-refractivity contribution in [2.24, 2.45) is 34.5 Å². The summed E-state index contributed by atoms with van der Waals surface area (Å²) < 4.78 is 0. The van der Waals surface area contributed by atoms with Gasteiger partial charge in [-0.3, -0.25) is 9.59 Å². The van der Waals surface area contributed by atoms with E-state index in [1.54, 1.807) is 0 Å². The first-order valence-corrected chi connectivity index (χ1v) is 9.92. The highest BCUT2D eigenvalue weighted by atomic mass is 16.3. The zero-order valence-corrected chi connectivity index (χ0v) is 15.4. The van der Waals surface area contributed by atoms with Gasteiger partial charge in [0.15, 0.2) is 17.3 Å². The first-order valence-electron chi connectivity index (χ1n) is 9.92. The molecular weight excluding hydrogens is 316 g/mol. The van der Waals surface area contributed by atoms with Gasteiger partial charge in [-0.2, -0.15) is 0 Å². The van der Waals surface area contributed by atoms with Crippen molar-refractivity contribution < 1.29 is 19.8 Å². The van der Waals surface area contributed by atoms with Gasteiger partial charge in [-0.15, -0.1) is 0 Å². The maximum Gasteiger partial charge on any atom is 0.197 e. The predicted octanol–water partition coefficient (Wildman–Crippen LogP) is 3.58. The minimum absolute atomic E-state index is 0.00883. The van der Waals surface area contributed by atoms with Crippen LogP contribution in [0.2, 0.25) is 0 Å². The van der Waals surface area contributed by atoms with Gasteiger partial charge in [-0.05, 0) is 79.1 Å². The third kappa shape index (κ3) is 2.22. The first-order chi connectivity index (χ1) is 11.8. The summed E-state index contributed by atoms with van der Waals surface area (Å²) in [6.07, 6.45) is 7.23. The number of hydrogen-bond acceptors (Lipinski definition) is 4. The maximum atomic E-state index is 12.3. The molecule has 4 nitrogen and oxygen atoms in total. The summed E-state index contributed by atoms with van der Waals surface area (Å²) >= 11 is 0. The largest absolute Gasteiger partial charge is 0.504 e. The first kappa shape index (κ1) is 17.3. The molecule has 0 amide bonds. The molecule has 0 aliphatic heterocycles. The van der Waals surface area contributed by atoms with Crippen LogP contribution >= 0.6 is 0 Å². The molecule has 0 aromatic heterocycles. The highest BCUT2D eigenvalue weighted by Crippen LogP contribution is 2.67. The molecular formula is C21H30O4. The van der Waals surface area contributed by atoms with E-state index in [9.17, 15) is 19.8 Å². The number of aliphatic hydroxyl groups excluding tert-OH is 2. The van der Waals surface area contributed by atoms with E-state index in [0.29, 0.717) is 24.2 Å². The molecule has 4 heteroatoms. The lowest BCUT2D eigenvalue weighted by Crippen LogP contribution is -2.51. The Bertz CT molecular complexity index is 650. The van der Waals surface area contributed by atoms with Gasteiger partial charge in [0, 0.05) is 12.3 Å². The number of carbonyl (C=O) groups is 2. The van der Waals surface area contributed by atoms with Crippen molar-refractivity contribution in [2.45, 2.75) is 65.2 Å². The van der Waals surface area contributed by atoms with E-state index >= 15 is 0 Å². The van der Waals surface area contributed by atoms with Crippen molar-refractivity contribution in [3.63, 3.8) is 0 Å². The lowest BCUT2D eigenvalue weighted by Gasteiger charge is -2.58. The fourth-order valence-electron chi connectivity index (χ4n) is 7.33. The number of ketones is 2. The minimum atomic E-state index is -0.332. The van der Waals surface area contributed by atoms with E-state index < -0.39 is 0 Å². The van der Waals surface area contributed by atoms with E-state index in [1.165, 1.54) is 0 Å². The Morgan fingerprint density at radius 1 is 1.08 bits per heavy atom. The highest BCUT2D eigenvalue weighted by molar-refractivity contribution is 5.95. The Balaban J connectivity index is 1.67. The lowest BCUT2D eigenvalue weighted by molar-refractivity contribution is -0.133. The van der Waals surface area contributed by atoms with Crippen LogP contribution in [0.4, 0.5) is 0 Å². The fourth-order valence-corrected chi connectivity index (χ4v) is 7.33. The summed E-state index contributed by atoms with van der Waals surface area (Å²) in [7, 11) is 0.